The Balaban J connectivity index is 1.52. The Morgan fingerprint density at radius 3 is 2.32 bits per heavy atom. The summed E-state index contributed by atoms with van der Waals surface area (Å²) >= 11 is 0. The maximum Gasteiger partial charge on any atom is 0.238 e. The molecule has 1 fully saturated rings. The minimum atomic E-state index is -1.43. The number of para-hydroxylation sites is 1. The van der Waals surface area contributed by atoms with E-state index in [1.807, 2.05) is 65.7 Å². The Bertz CT molecular complexity index is 1870. The molecule has 0 saturated carbocycles. The summed E-state index contributed by atoms with van der Waals surface area (Å²) in [5.74, 6) is -0.702. The molecule has 3 heterocycles. The van der Waals surface area contributed by atoms with Crippen molar-refractivity contribution in [3.05, 3.63) is 125 Å². The van der Waals surface area contributed by atoms with Gasteiger partial charge in [0.15, 0.2) is 23.1 Å². The number of hydrogen-bond donors (Lipinski definition) is 1. The van der Waals surface area contributed by atoms with Crippen LogP contribution in [0.15, 0.2) is 97.2 Å². The van der Waals surface area contributed by atoms with Gasteiger partial charge in [-0.05, 0) is 59.2 Å². The van der Waals surface area contributed by atoms with E-state index >= 15 is 4.79 Å². The Morgan fingerprint density at radius 2 is 1.52 bits per heavy atom. The Morgan fingerprint density at radius 1 is 0.773 bits per heavy atom. The topological polar surface area (TPSA) is 94.2 Å². The van der Waals surface area contributed by atoms with E-state index in [0.29, 0.717) is 39.6 Å². The average Bonchev–Trinajstić information content (AvgIpc) is 3.55. The van der Waals surface area contributed by atoms with Crippen molar-refractivity contribution in [2.24, 2.45) is 5.92 Å². The summed E-state index contributed by atoms with van der Waals surface area (Å²) < 4.78 is 16.4. The highest BCUT2D eigenvalue weighted by atomic mass is 16.5. The molecular weight excluding hydrogens is 556 g/mol. The van der Waals surface area contributed by atoms with Crippen molar-refractivity contribution in [2.45, 2.75) is 17.5 Å². The highest BCUT2D eigenvalue weighted by molar-refractivity contribution is 6.16. The van der Waals surface area contributed by atoms with E-state index in [1.54, 1.807) is 42.5 Å². The largest absolute Gasteiger partial charge is 0.497 e. The summed E-state index contributed by atoms with van der Waals surface area (Å²) in [5, 5.41) is 3.07. The predicted molar refractivity (Wildman–Crippen MR) is 165 cm³/mol. The SMILES string of the molecule is COc1cccc(C(=O)[C@H]2[C@H](C(=O)c3ccc(OC)c(OC)c3)[C@]3(C(=O)Nc4ccccc43)[C@H]3c4ccccc4C=CN23)c1. The van der Waals surface area contributed by atoms with Crippen LogP contribution in [0.3, 0.4) is 0 Å². The molecule has 3 aliphatic heterocycles. The Kier molecular flexibility index (Phi) is 6.50. The molecule has 4 aromatic rings. The van der Waals surface area contributed by atoms with Gasteiger partial charge in [-0.3, -0.25) is 14.4 Å². The third-order valence-corrected chi connectivity index (χ3v) is 9.14. The van der Waals surface area contributed by atoms with Crippen molar-refractivity contribution in [1.82, 2.24) is 4.90 Å². The number of ketones is 2. The van der Waals surface area contributed by atoms with E-state index in [9.17, 15) is 9.59 Å². The fraction of sp³-hybridized carbons (Fsp3) is 0.194. The van der Waals surface area contributed by atoms with Gasteiger partial charge in [0.2, 0.25) is 5.91 Å². The number of rotatable bonds is 7. The molecule has 8 heteroatoms. The van der Waals surface area contributed by atoms with Crippen LogP contribution < -0.4 is 19.5 Å². The number of methoxy groups -OCH3 is 3. The van der Waals surface area contributed by atoms with Crippen molar-refractivity contribution in [3.8, 4) is 17.2 Å². The molecule has 3 aliphatic rings. The summed E-state index contributed by atoms with van der Waals surface area (Å²) in [6.45, 7) is 0. The number of anilines is 1. The molecule has 0 aromatic heterocycles. The zero-order valence-electron chi connectivity index (χ0n) is 24.4. The lowest BCUT2D eigenvalue weighted by atomic mass is 9.62. The predicted octanol–water partition coefficient (Wildman–Crippen LogP) is 5.69. The van der Waals surface area contributed by atoms with E-state index in [0.717, 1.165) is 11.1 Å². The van der Waals surface area contributed by atoms with Gasteiger partial charge in [0.25, 0.3) is 0 Å². The molecule has 1 spiro atoms. The third kappa shape index (κ3) is 3.80. The molecule has 0 aliphatic carbocycles. The van der Waals surface area contributed by atoms with Crippen molar-refractivity contribution < 1.29 is 28.6 Å². The summed E-state index contributed by atoms with van der Waals surface area (Å²) in [4.78, 5) is 46.3. The van der Waals surface area contributed by atoms with Crippen LogP contribution in [0.4, 0.5) is 5.69 Å². The van der Waals surface area contributed by atoms with Gasteiger partial charge in [-0.1, -0.05) is 54.6 Å². The number of amides is 1. The molecule has 1 N–H and O–H groups in total. The molecule has 220 valence electrons. The molecule has 0 radical (unpaired) electrons. The van der Waals surface area contributed by atoms with Gasteiger partial charge in [0.05, 0.1) is 33.3 Å². The van der Waals surface area contributed by atoms with E-state index in [2.05, 4.69) is 5.32 Å². The molecule has 4 aromatic carbocycles. The van der Waals surface area contributed by atoms with Gasteiger partial charge in [-0.15, -0.1) is 0 Å². The smallest absolute Gasteiger partial charge is 0.238 e. The molecule has 44 heavy (non-hydrogen) atoms. The van der Waals surface area contributed by atoms with E-state index < -0.39 is 23.4 Å². The normalized spacial score (nSPS) is 22.6. The van der Waals surface area contributed by atoms with Gasteiger partial charge in [0, 0.05) is 23.0 Å². The first-order valence-electron chi connectivity index (χ1n) is 14.3. The van der Waals surface area contributed by atoms with Crippen molar-refractivity contribution >= 4 is 29.2 Å². The standard InChI is InChI=1S/C36H30N2O6/c1-42-24-11-8-10-22(19-24)33(40)31-30(32(39)23-15-16-28(43-2)29(20-23)44-3)36(26-13-6-7-14-27(26)37-35(36)41)34-25-12-5-4-9-21(25)17-18-38(31)34/h4-20,30-31,34H,1-3H3,(H,37,41)/t30-,31-,34-,36+/m1/s1. The Hall–Kier alpha value is -5.37. The molecule has 1 amide bonds. The number of ether oxygens (including phenoxy) is 3. The lowest BCUT2D eigenvalue weighted by molar-refractivity contribution is -0.122. The maximum atomic E-state index is 15.1. The number of carbonyl (C=O) groups is 3. The number of nitrogens with one attached hydrogen (secondary N) is 1. The van der Waals surface area contributed by atoms with Crippen LogP contribution >= 0.6 is 0 Å². The lowest BCUT2D eigenvalue weighted by Gasteiger charge is -2.38. The number of carbonyl (C=O) groups excluding carboxylic acids is 3. The minimum Gasteiger partial charge on any atom is -0.497 e. The molecule has 7 rings (SSSR count). The van der Waals surface area contributed by atoms with Gasteiger partial charge in [0.1, 0.15) is 17.2 Å². The monoisotopic (exact) mass is 586 g/mol. The highest BCUT2D eigenvalue weighted by Gasteiger charge is 2.70. The minimum absolute atomic E-state index is 0.286. The van der Waals surface area contributed by atoms with Crippen LogP contribution in [0.1, 0.15) is 43.4 Å². The molecular formula is C36H30N2O6. The average molecular weight is 587 g/mol. The first-order chi connectivity index (χ1) is 21.4. The molecule has 1 saturated heterocycles. The van der Waals surface area contributed by atoms with Crippen LogP contribution in [0, 0.1) is 5.92 Å². The second-order valence-electron chi connectivity index (χ2n) is 11.1. The van der Waals surface area contributed by atoms with Crippen LogP contribution in [0.5, 0.6) is 17.2 Å². The van der Waals surface area contributed by atoms with Gasteiger partial charge in [-0.2, -0.15) is 0 Å². The van der Waals surface area contributed by atoms with Gasteiger partial charge in [-0.25, -0.2) is 0 Å². The number of benzene rings is 4. The van der Waals surface area contributed by atoms with Crippen LogP contribution in [-0.4, -0.2) is 49.7 Å². The third-order valence-electron chi connectivity index (χ3n) is 9.14. The molecule has 0 unspecified atom stereocenters. The maximum absolute atomic E-state index is 15.1. The number of fused-ring (bicyclic) bond motifs is 6. The van der Waals surface area contributed by atoms with Gasteiger partial charge < -0.3 is 24.4 Å². The van der Waals surface area contributed by atoms with Crippen molar-refractivity contribution in [1.29, 1.82) is 0 Å². The number of Topliss-reactive ketones (excluding diaryl/α,β-unsaturated/α-hetero) is 2. The molecule has 0 bridgehead atoms. The zero-order valence-corrected chi connectivity index (χ0v) is 24.4. The first-order valence-corrected chi connectivity index (χ1v) is 14.3. The fourth-order valence-corrected chi connectivity index (χ4v) is 7.28. The Labute approximate surface area is 254 Å². The summed E-state index contributed by atoms with van der Waals surface area (Å²) in [6, 6.07) is 25.4. The number of hydrogen-bond acceptors (Lipinski definition) is 7. The summed E-state index contributed by atoms with van der Waals surface area (Å²) in [6.07, 6.45) is 3.79. The fourth-order valence-electron chi connectivity index (χ4n) is 7.28. The number of nitrogens with zero attached hydrogens (tertiary/aromatic N) is 1. The second kappa shape index (κ2) is 10.4. The van der Waals surface area contributed by atoms with E-state index in [1.165, 1.54) is 21.3 Å². The lowest BCUT2D eigenvalue weighted by Crippen LogP contribution is -2.49. The van der Waals surface area contributed by atoms with E-state index in [-0.39, 0.29) is 17.5 Å². The van der Waals surface area contributed by atoms with Crippen LogP contribution in [-0.2, 0) is 10.2 Å². The van der Waals surface area contributed by atoms with E-state index in [4.69, 9.17) is 14.2 Å². The first kappa shape index (κ1) is 27.5. The van der Waals surface area contributed by atoms with Crippen LogP contribution in [0.25, 0.3) is 6.08 Å². The summed E-state index contributed by atoms with van der Waals surface area (Å²) in [5.41, 5.74) is 2.37. The highest BCUT2D eigenvalue weighted by Crippen LogP contribution is 2.62. The zero-order chi connectivity index (χ0) is 30.6. The van der Waals surface area contributed by atoms with Crippen LogP contribution in [0.2, 0.25) is 0 Å². The van der Waals surface area contributed by atoms with Crippen molar-refractivity contribution in [2.75, 3.05) is 26.6 Å². The van der Waals surface area contributed by atoms with Crippen molar-refractivity contribution in [3.63, 3.8) is 0 Å². The molecule has 4 atom stereocenters. The van der Waals surface area contributed by atoms with Gasteiger partial charge >= 0.3 is 0 Å². The summed E-state index contributed by atoms with van der Waals surface area (Å²) in [7, 11) is 4.56. The quantitative estimate of drug-likeness (QED) is 0.278. The second-order valence-corrected chi connectivity index (χ2v) is 11.1. The molecule has 8 nitrogen and oxygen atoms in total.